The molecule has 1 fully saturated rings. The molecule has 1 atom stereocenters. The molecule has 2 heterocycles. The molecular weight excluding hydrogens is 456 g/mol. The molecule has 1 aliphatic heterocycles. The van der Waals surface area contributed by atoms with Crippen molar-refractivity contribution in [2.75, 3.05) is 4.90 Å². The lowest BCUT2D eigenvalue weighted by Gasteiger charge is -2.23. The summed E-state index contributed by atoms with van der Waals surface area (Å²) in [4.78, 5) is 26.9. The van der Waals surface area contributed by atoms with E-state index in [1.54, 1.807) is 12.1 Å². The molecule has 0 radical (unpaired) electrons. The van der Waals surface area contributed by atoms with Crippen molar-refractivity contribution >= 4 is 57.9 Å². The Balaban J connectivity index is 1.93. The smallest absolute Gasteiger partial charge is 0.300 e. The van der Waals surface area contributed by atoms with Crippen LogP contribution < -0.4 is 4.90 Å². The van der Waals surface area contributed by atoms with E-state index in [2.05, 4.69) is 0 Å². The summed E-state index contributed by atoms with van der Waals surface area (Å²) in [5.74, 6) is -2.79. The second kappa shape index (κ2) is 7.80. The summed E-state index contributed by atoms with van der Waals surface area (Å²) < 4.78 is 19.1. The molecule has 1 aromatic heterocycles. The van der Waals surface area contributed by atoms with Gasteiger partial charge in [0.05, 0.1) is 26.9 Å². The molecular formula is C21H11Cl3FNO4. The number of amides is 1. The van der Waals surface area contributed by atoms with Crippen molar-refractivity contribution in [1.29, 1.82) is 0 Å². The van der Waals surface area contributed by atoms with Gasteiger partial charge in [0.2, 0.25) is 0 Å². The van der Waals surface area contributed by atoms with Crippen molar-refractivity contribution in [3.8, 4) is 0 Å². The SMILES string of the molecule is O=C1C(=O)N(c2ccc(F)c(Cl)c2)C(c2ccco2)/C1=C(/O)c1ccc(Cl)c(Cl)c1. The second-order valence-electron chi connectivity index (χ2n) is 6.41. The van der Waals surface area contributed by atoms with Gasteiger partial charge in [-0.25, -0.2) is 4.39 Å². The molecule has 0 spiro atoms. The molecule has 1 aliphatic rings. The summed E-state index contributed by atoms with van der Waals surface area (Å²) in [6, 6.07) is 9.93. The van der Waals surface area contributed by atoms with Gasteiger partial charge in [0.1, 0.15) is 23.4 Å². The Morgan fingerprint density at radius 3 is 2.40 bits per heavy atom. The van der Waals surface area contributed by atoms with Gasteiger partial charge in [0.25, 0.3) is 11.7 Å². The molecule has 0 saturated carbocycles. The molecule has 0 aliphatic carbocycles. The van der Waals surface area contributed by atoms with Crippen LogP contribution in [0.2, 0.25) is 15.1 Å². The van der Waals surface area contributed by atoms with Gasteiger partial charge >= 0.3 is 0 Å². The number of carbonyl (C=O) groups is 2. The van der Waals surface area contributed by atoms with E-state index >= 15 is 0 Å². The highest BCUT2D eigenvalue weighted by atomic mass is 35.5. The van der Waals surface area contributed by atoms with Crippen LogP contribution >= 0.6 is 34.8 Å². The van der Waals surface area contributed by atoms with Crippen LogP contribution in [0.1, 0.15) is 17.4 Å². The number of anilines is 1. The van der Waals surface area contributed by atoms with Crippen LogP contribution in [-0.2, 0) is 9.59 Å². The number of aliphatic hydroxyl groups is 1. The summed E-state index contributed by atoms with van der Waals surface area (Å²) in [7, 11) is 0. The van der Waals surface area contributed by atoms with Crippen LogP contribution in [0.3, 0.4) is 0 Å². The van der Waals surface area contributed by atoms with Gasteiger partial charge in [-0.1, -0.05) is 34.8 Å². The highest BCUT2D eigenvalue weighted by Gasteiger charge is 2.48. The molecule has 1 unspecified atom stereocenters. The zero-order chi connectivity index (χ0) is 21.6. The van der Waals surface area contributed by atoms with E-state index in [1.165, 1.54) is 36.6 Å². The van der Waals surface area contributed by atoms with E-state index in [1.807, 2.05) is 0 Å². The van der Waals surface area contributed by atoms with Crippen molar-refractivity contribution in [3.63, 3.8) is 0 Å². The quantitative estimate of drug-likeness (QED) is 0.292. The highest BCUT2D eigenvalue weighted by molar-refractivity contribution is 6.52. The van der Waals surface area contributed by atoms with Crippen LogP contribution in [0.4, 0.5) is 10.1 Å². The predicted octanol–water partition coefficient (Wildman–Crippen LogP) is 6.01. The number of rotatable bonds is 3. The van der Waals surface area contributed by atoms with E-state index in [9.17, 15) is 19.1 Å². The third-order valence-electron chi connectivity index (χ3n) is 4.63. The first-order valence-electron chi connectivity index (χ1n) is 8.54. The Hall–Kier alpha value is -2.80. The minimum absolute atomic E-state index is 0.162. The number of benzene rings is 2. The van der Waals surface area contributed by atoms with Gasteiger partial charge in [-0.3, -0.25) is 14.5 Å². The van der Waals surface area contributed by atoms with Crippen LogP contribution in [0.15, 0.2) is 64.8 Å². The lowest BCUT2D eigenvalue weighted by Crippen LogP contribution is -2.29. The monoisotopic (exact) mass is 465 g/mol. The van der Waals surface area contributed by atoms with E-state index in [0.717, 1.165) is 11.0 Å². The average molecular weight is 467 g/mol. The minimum Gasteiger partial charge on any atom is -0.507 e. The number of Topliss-reactive ketones (excluding diaryl/α,β-unsaturated/α-hetero) is 1. The standard InChI is InChI=1S/C21H11Cl3FNO4/c22-12-5-3-10(8-13(12)23)19(27)17-18(16-2-1-7-30-16)26(21(29)20(17)28)11-4-6-15(25)14(24)9-11/h1-9,18,27H/b19-17-. The Labute approximate surface area is 184 Å². The number of furan rings is 1. The summed E-state index contributed by atoms with van der Waals surface area (Å²) in [6.45, 7) is 0. The maximum atomic E-state index is 13.6. The minimum atomic E-state index is -1.10. The zero-order valence-corrected chi connectivity index (χ0v) is 17.2. The van der Waals surface area contributed by atoms with Crippen LogP contribution in [-0.4, -0.2) is 16.8 Å². The van der Waals surface area contributed by atoms with Gasteiger partial charge in [-0.05, 0) is 48.5 Å². The van der Waals surface area contributed by atoms with E-state index in [0.29, 0.717) is 0 Å². The predicted molar refractivity (Wildman–Crippen MR) is 111 cm³/mol. The maximum Gasteiger partial charge on any atom is 0.300 e. The molecule has 30 heavy (non-hydrogen) atoms. The fraction of sp³-hybridized carbons (Fsp3) is 0.0476. The Kier molecular flexibility index (Phi) is 5.32. The molecule has 9 heteroatoms. The molecule has 152 valence electrons. The van der Waals surface area contributed by atoms with Crippen LogP contribution in [0, 0.1) is 5.82 Å². The number of hydrogen-bond acceptors (Lipinski definition) is 4. The molecule has 1 N–H and O–H groups in total. The van der Waals surface area contributed by atoms with Crippen LogP contribution in [0.5, 0.6) is 0 Å². The average Bonchev–Trinajstić information content (AvgIpc) is 3.33. The number of nitrogens with zero attached hydrogens (tertiary/aromatic N) is 1. The van der Waals surface area contributed by atoms with Crippen molar-refractivity contribution in [1.82, 2.24) is 0 Å². The lowest BCUT2D eigenvalue weighted by atomic mass is 9.99. The van der Waals surface area contributed by atoms with Gasteiger partial charge in [-0.2, -0.15) is 0 Å². The highest BCUT2D eigenvalue weighted by Crippen LogP contribution is 2.43. The van der Waals surface area contributed by atoms with Gasteiger partial charge < -0.3 is 9.52 Å². The maximum absolute atomic E-state index is 13.6. The first kappa shape index (κ1) is 20.5. The molecule has 0 bridgehead atoms. The summed E-state index contributed by atoms with van der Waals surface area (Å²) >= 11 is 17.8. The molecule has 2 aromatic carbocycles. The molecule has 5 nitrogen and oxygen atoms in total. The van der Waals surface area contributed by atoms with Crippen LogP contribution in [0.25, 0.3) is 5.76 Å². The van der Waals surface area contributed by atoms with Crippen molar-refractivity contribution in [3.05, 3.63) is 92.6 Å². The zero-order valence-electron chi connectivity index (χ0n) is 14.9. The number of hydrogen-bond donors (Lipinski definition) is 1. The van der Waals surface area contributed by atoms with Gasteiger partial charge in [0, 0.05) is 11.3 Å². The normalized spacial score (nSPS) is 18.3. The van der Waals surface area contributed by atoms with Crippen molar-refractivity contribution in [2.45, 2.75) is 6.04 Å². The Bertz CT molecular complexity index is 1210. The number of ketones is 1. The van der Waals surface area contributed by atoms with Gasteiger partial charge in [0.15, 0.2) is 0 Å². The molecule has 3 aromatic rings. The molecule has 4 rings (SSSR count). The van der Waals surface area contributed by atoms with E-state index < -0.39 is 29.3 Å². The van der Waals surface area contributed by atoms with Gasteiger partial charge in [-0.15, -0.1) is 0 Å². The number of aliphatic hydroxyl groups excluding tert-OH is 1. The first-order chi connectivity index (χ1) is 14.3. The third kappa shape index (κ3) is 3.37. The largest absolute Gasteiger partial charge is 0.507 e. The lowest BCUT2D eigenvalue weighted by molar-refractivity contribution is -0.132. The third-order valence-corrected chi connectivity index (χ3v) is 5.66. The number of carbonyl (C=O) groups excluding carboxylic acids is 2. The Morgan fingerprint density at radius 1 is 1.00 bits per heavy atom. The summed E-state index contributed by atoms with van der Waals surface area (Å²) in [6.07, 6.45) is 1.37. The molecule has 1 saturated heterocycles. The van der Waals surface area contributed by atoms with Crippen molar-refractivity contribution < 1.29 is 23.5 Å². The summed E-state index contributed by atoms with van der Waals surface area (Å²) in [5, 5.41) is 11.1. The summed E-state index contributed by atoms with van der Waals surface area (Å²) in [5.41, 5.74) is 0.142. The second-order valence-corrected chi connectivity index (χ2v) is 7.63. The first-order valence-corrected chi connectivity index (χ1v) is 9.68. The number of halogens is 4. The van der Waals surface area contributed by atoms with E-state index in [-0.39, 0.29) is 37.7 Å². The fourth-order valence-corrected chi connectivity index (χ4v) is 3.72. The topological polar surface area (TPSA) is 70.8 Å². The molecule has 1 amide bonds. The van der Waals surface area contributed by atoms with E-state index in [4.69, 9.17) is 39.2 Å². The fourth-order valence-electron chi connectivity index (χ4n) is 3.25. The van der Waals surface area contributed by atoms with Crippen molar-refractivity contribution in [2.24, 2.45) is 0 Å². The Morgan fingerprint density at radius 2 is 1.77 bits per heavy atom.